The van der Waals surface area contributed by atoms with Gasteiger partial charge < -0.3 is 10.4 Å². The first-order valence-electron chi connectivity index (χ1n) is 12.5. The topological polar surface area (TPSA) is 92.2 Å². The lowest BCUT2D eigenvalue weighted by Crippen LogP contribution is -2.45. The molecule has 0 unspecified atom stereocenters. The van der Waals surface area contributed by atoms with Gasteiger partial charge in [0.2, 0.25) is 5.91 Å². The molecule has 38 heavy (non-hydrogen) atoms. The van der Waals surface area contributed by atoms with Gasteiger partial charge >= 0.3 is 5.97 Å². The molecule has 1 amide bonds. The average Bonchev–Trinajstić information content (AvgIpc) is 2.97. The van der Waals surface area contributed by atoms with Crippen molar-refractivity contribution in [3.05, 3.63) is 144 Å². The number of carbonyl (C=O) groups is 2. The SMILES string of the molecule is O=C(CC(c1ccccc1)(c1ccccc1)c1ccccc1)N[C@@H](Cc1cnc2ccccc2n1)C(=O)O. The van der Waals surface area contributed by atoms with Gasteiger partial charge in [-0.2, -0.15) is 0 Å². The van der Waals surface area contributed by atoms with E-state index in [1.54, 1.807) is 6.20 Å². The summed E-state index contributed by atoms with van der Waals surface area (Å²) in [6.45, 7) is 0. The minimum atomic E-state index is -1.15. The summed E-state index contributed by atoms with van der Waals surface area (Å²) in [4.78, 5) is 34.8. The maximum absolute atomic E-state index is 13.7. The number of nitrogens with zero attached hydrogens (tertiary/aromatic N) is 2. The third-order valence-corrected chi connectivity index (χ3v) is 6.77. The van der Waals surface area contributed by atoms with E-state index in [2.05, 4.69) is 15.3 Å². The predicted molar refractivity (Wildman–Crippen MR) is 147 cm³/mol. The molecule has 6 nitrogen and oxygen atoms in total. The van der Waals surface area contributed by atoms with E-state index < -0.39 is 17.4 Å². The molecule has 0 radical (unpaired) electrons. The zero-order chi connectivity index (χ0) is 26.4. The van der Waals surface area contributed by atoms with E-state index in [0.717, 1.165) is 22.2 Å². The van der Waals surface area contributed by atoms with Crippen molar-refractivity contribution >= 4 is 22.9 Å². The molecule has 5 aromatic rings. The van der Waals surface area contributed by atoms with E-state index in [0.29, 0.717) is 11.2 Å². The molecule has 0 fully saturated rings. The van der Waals surface area contributed by atoms with Crippen LogP contribution in [0.4, 0.5) is 0 Å². The Morgan fingerprint density at radius 1 is 0.711 bits per heavy atom. The molecule has 0 spiro atoms. The summed E-state index contributed by atoms with van der Waals surface area (Å²) >= 11 is 0. The first kappa shape index (κ1) is 24.8. The Balaban J connectivity index is 1.49. The van der Waals surface area contributed by atoms with Gasteiger partial charge in [-0.15, -0.1) is 0 Å². The summed E-state index contributed by atoms with van der Waals surface area (Å²) < 4.78 is 0. The van der Waals surface area contributed by atoms with Crippen LogP contribution in [0, 0.1) is 0 Å². The number of carboxylic acid groups (broad SMARTS) is 1. The maximum Gasteiger partial charge on any atom is 0.326 e. The molecule has 188 valence electrons. The van der Waals surface area contributed by atoms with E-state index in [1.165, 1.54) is 0 Å². The molecule has 5 rings (SSSR count). The number of nitrogens with one attached hydrogen (secondary N) is 1. The van der Waals surface area contributed by atoms with Gasteiger partial charge in [-0.05, 0) is 28.8 Å². The Kier molecular flexibility index (Phi) is 7.22. The Morgan fingerprint density at radius 2 is 1.18 bits per heavy atom. The molecule has 0 saturated heterocycles. The molecule has 1 aromatic heterocycles. The highest BCUT2D eigenvalue weighted by Crippen LogP contribution is 2.42. The van der Waals surface area contributed by atoms with Gasteiger partial charge in [0.05, 0.1) is 22.1 Å². The van der Waals surface area contributed by atoms with Crippen LogP contribution in [0.2, 0.25) is 0 Å². The van der Waals surface area contributed by atoms with Gasteiger partial charge in [0.15, 0.2) is 0 Å². The molecule has 0 aliphatic carbocycles. The smallest absolute Gasteiger partial charge is 0.326 e. The molecule has 2 N–H and O–H groups in total. The predicted octanol–water partition coefficient (Wildman–Crippen LogP) is 5.17. The van der Waals surface area contributed by atoms with Crippen LogP contribution in [-0.2, 0) is 21.4 Å². The fraction of sp³-hybridized carbons (Fsp3) is 0.125. The number of carboxylic acids is 1. The van der Waals surface area contributed by atoms with Crippen LogP contribution in [0.5, 0.6) is 0 Å². The summed E-state index contributed by atoms with van der Waals surface area (Å²) in [5.41, 5.74) is 3.91. The van der Waals surface area contributed by atoms with Crippen molar-refractivity contribution in [3.63, 3.8) is 0 Å². The van der Waals surface area contributed by atoms with Crippen LogP contribution in [0.1, 0.15) is 28.8 Å². The molecule has 1 atom stereocenters. The highest BCUT2D eigenvalue weighted by molar-refractivity contribution is 5.86. The minimum Gasteiger partial charge on any atom is -0.480 e. The van der Waals surface area contributed by atoms with Crippen LogP contribution in [-0.4, -0.2) is 33.0 Å². The van der Waals surface area contributed by atoms with E-state index in [4.69, 9.17) is 0 Å². The number of amides is 1. The van der Waals surface area contributed by atoms with Crippen molar-refractivity contribution in [3.8, 4) is 0 Å². The van der Waals surface area contributed by atoms with Crippen molar-refractivity contribution < 1.29 is 14.7 Å². The third kappa shape index (κ3) is 5.15. The summed E-state index contributed by atoms with van der Waals surface area (Å²) in [5, 5.41) is 12.8. The van der Waals surface area contributed by atoms with Gasteiger partial charge in [0, 0.05) is 19.0 Å². The van der Waals surface area contributed by atoms with Crippen molar-refractivity contribution in [1.82, 2.24) is 15.3 Å². The summed E-state index contributed by atoms with van der Waals surface area (Å²) in [6, 6.07) is 35.8. The average molecular weight is 502 g/mol. The summed E-state index contributed by atoms with van der Waals surface area (Å²) in [7, 11) is 0. The number of aliphatic carboxylic acids is 1. The molecule has 1 heterocycles. The molecule has 6 heteroatoms. The number of hydrogen-bond donors (Lipinski definition) is 2. The molecule has 0 aliphatic rings. The van der Waals surface area contributed by atoms with Crippen LogP contribution >= 0.6 is 0 Å². The largest absolute Gasteiger partial charge is 0.480 e. The Hall–Kier alpha value is -4.84. The molecule has 4 aromatic carbocycles. The number of benzene rings is 4. The normalized spacial score (nSPS) is 12.1. The molecular weight excluding hydrogens is 474 g/mol. The second-order valence-corrected chi connectivity index (χ2v) is 9.19. The highest BCUT2D eigenvalue weighted by Gasteiger charge is 2.39. The summed E-state index contributed by atoms with van der Waals surface area (Å²) in [5.74, 6) is -1.50. The van der Waals surface area contributed by atoms with Crippen molar-refractivity contribution in [2.45, 2.75) is 24.3 Å². The van der Waals surface area contributed by atoms with E-state index >= 15 is 0 Å². The molecular formula is C32H27N3O3. The van der Waals surface area contributed by atoms with Crippen LogP contribution < -0.4 is 5.32 Å². The van der Waals surface area contributed by atoms with Crippen molar-refractivity contribution in [1.29, 1.82) is 0 Å². The van der Waals surface area contributed by atoms with Gasteiger partial charge in [-0.25, -0.2) is 9.78 Å². The zero-order valence-corrected chi connectivity index (χ0v) is 20.7. The lowest BCUT2D eigenvalue weighted by Gasteiger charge is -2.36. The van der Waals surface area contributed by atoms with E-state index in [9.17, 15) is 14.7 Å². The van der Waals surface area contributed by atoms with Crippen LogP contribution in [0.3, 0.4) is 0 Å². The van der Waals surface area contributed by atoms with Gasteiger partial charge in [0.1, 0.15) is 6.04 Å². The van der Waals surface area contributed by atoms with Gasteiger partial charge in [-0.1, -0.05) is 103 Å². The van der Waals surface area contributed by atoms with Crippen LogP contribution in [0.25, 0.3) is 11.0 Å². The van der Waals surface area contributed by atoms with Crippen molar-refractivity contribution in [2.24, 2.45) is 0 Å². The Bertz CT molecular complexity index is 1440. The fourth-order valence-corrected chi connectivity index (χ4v) is 4.96. The summed E-state index contributed by atoms with van der Waals surface area (Å²) in [6.07, 6.45) is 1.61. The molecule has 0 saturated carbocycles. The Labute approximate surface area is 221 Å². The van der Waals surface area contributed by atoms with Gasteiger partial charge in [0.25, 0.3) is 0 Å². The fourth-order valence-electron chi connectivity index (χ4n) is 4.96. The van der Waals surface area contributed by atoms with E-state index in [1.807, 2.05) is 115 Å². The number of hydrogen-bond acceptors (Lipinski definition) is 4. The first-order valence-corrected chi connectivity index (χ1v) is 12.5. The van der Waals surface area contributed by atoms with E-state index in [-0.39, 0.29) is 18.7 Å². The van der Waals surface area contributed by atoms with Crippen LogP contribution in [0.15, 0.2) is 121 Å². The maximum atomic E-state index is 13.7. The second kappa shape index (κ2) is 11.0. The number of para-hydroxylation sites is 2. The van der Waals surface area contributed by atoms with Crippen molar-refractivity contribution in [2.75, 3.05) is 0 Å². The quantitative estimate of drug-likeness (QED) is 0.272. The molecule has 0 bridgehead atoms. The number of aromatic nitrogens is 2. The number of rotatable bonds is 9. The number of carbonyl (C=O) groups excluding carboxylic acids is 1. The zero-order valence-electron chi connectivity index (χ0n) is 20.7. The molecule has 0 aliphatic heterocycles. The standard InChI is InChI=1S/C32H27N3O3/c36-30(35-29(31(37)38)20-26-22-33-27-18-10-11-19-28(27)34-26)21-32(23-12-4-1-5-13-23,24-14-6-2-7-15-24)25-16-8-3-9-17-25/h1-19,22,29H,20-21H2,(H,35,36)(H,37,38)/t29-/m0/s1. The minimum absolute atomic E-state index is 0.0217. The lowest BCUT2D eigenvalue weighted by atomic mass is 9.67. The lowest BCUT2D eigenvalue weighted by molar-refractivity contribution is -0.141. The number of fused-ring (bicyclic) bond motifs is 1. The first-order chi connectivity index (χ1) is 18.6. The van der Waals surface area contributed by atoms with Gasteiger partial charge in [-0.3, -0.25) is 9.78 Å². The Morgan fingerprint density at radius 3 is 1.68 bits per heavy atom. The second-order valence-electron chi connectivity index (χ2n) is 9.19. The third-order valence-electron chi connectivity index (χ3n) is 6.77. The monoisotopic (exact) mass is 501 g/mol. The highest BCUT2D eigenvalue weighted by atomic mass is 16.4.